The van der Waals surface area contributed by atoms with E-state index in [0.29, 0.717) is 30.0 Å². The van der Waals surface area contributed by atoms with E-state index in [1.54, 1.807) is 4.40 Å². The Morgan fingerprint density at radius 1 is 1.06 bits per heavy atom. The standard InChI is InChI=1S/C25H20N4O4S/c1-15-6-5-13-28-22(15)26-21(16-7-3-2-4-8-16)23(28)27-24(30)17-9-12-19-20(14-17)34(32,33)29(25(19)31)18-10-11-18/h2-9,12-14,18H,10-11H2,1H3,(H,27,30). The first-order chi connectivity index (χ1) is 16.4. The maximum absolute atomic E-state index is 13.3. The number of benzene rings is 2. The molecule has 1 fully saturated rings. The van der Waals surface area contributed by atoms with Gasteiger partial charge in [-0.05, 0) is 49.6 Å². The van der Waals surface area contributed by atoms with E-state index in [9.17, 15) is 18.0 Å². The van der Waals surface area contributed by atoms with E-state index in [0.717, 1.165) is 15.4 Å². The Morgan fingerprint density at radius 3 is 2.56 bits per heavy atom. The molecule has 34 heavy (non-hydrogen) atoms. The Hall–Kier alpha value is -3.98. The Kier molecular flexibility index (Phi) is 4.40. The number of hydrogen-bond acceptors (Lipinski definition) is 5. The van der Waals surface area contributed by atoms with E-state index in [2.05, 4.69) is 5.32 Å². The number of anilines is 1. The summed E-state index contributed by atoms with van der Waals surface area (Å²) in [5.41, 5.74) is 3.35. The fourth-order valence-corrected chi connectivity index (χ4v) is 6.20. The van der Waals surface area contributed by atoms with Gasteiger partial charge in [0.25, 0.3) is 21.8 Å². The van der Waals surface area contributed by atoms with Crippen molar-refractivity contribution in [1.29, 1.82) is 0 Å². The molecule has 1 aliphatic carbocycles. The van der Waals surface area contributed by atoms with Gasteiger partial charge in [-0.1, -0.05) is 36.4 Å². The lowest BCUT2D eigenvalue weighted by atomic mass is 10.1. The molecule has 9 heteroatoms. The van der Waals surface area contributed by atoms with E-state index >= 15 is 0 Å². The van der Waals surface area contributed by atoms with Crippen molar-refractivity contribution < 1.29 is 18.0 Å². The maximum Gasteiger partial charge on any atom is 0.269 e. The molecular weight excluding hydrogens is 452 g/mol. The molecule has 3 heterocycles. The molecule has 0 radical (unpaired) electrons. The maximum atomic E-state index is 13.3. The molecule has 2 aromatic heterocycles. The van der Waals surface area contributed by atoms with Crippen molar-refractivity contribution in [3.05, 3.63) is 83.6 Å². The van der Waals surface area contributed by atoms with E-state index in [1.165, 1.54) is 18.2 Å². The number of nitrogens with one attached hydrogen (secondary N) is 1. The minimum atomic E-state index is -3.96. The summed E-state index contributed by atoms with van der Waals surface area (Å²) in [6.07, 6.45) is 3.15. The molecule has 1 N–H and O–H groups in total. The summed E-state index contributed by atoms with van der Waals surface area (Å²) in [5, 5.41) is 2.92. The number of fused-ring (bicyclic) bond motifs is 2. The van der Waals surface area contributed by atoms with E-state index in [1.807, 2.05) is 55.6 Å². The Bertz CT molecular complexity index is 1600. The van der Waals surface area contributed by atoms with Gasteiger partial charge in [0.05, 0.1) is 5.56 Å². The van der Waals surface area contributed by atoms with Gasteiger partial charge in [-0.25, -0.2) is 17.7 Å². The third kappa shape index (κ3) is 3.04. The van der Waals surface area contributed by atoms with Crippen LogP contribution in [0.3, 0.4) is 0 Å². The highest BCUT2D eigenvalue weighted by Gasteiger charge is 2.48. The van der Waals surface area contributed by atoms with Crippen molar-refractivity contribution in [3.63, 3.8) is 0 Å². The number of amides is 2. The zero-order chi connectivity index (χ0) is 23.6. The van der Waals surface area contributed by atoms with Crippen molar-refractivity contribution in [2.75, 3.05) is 5.32 Å². The highest BCUT2D eigenvalue weighted by Crippen LogP contribution is 2.40. The van der Waals surface area contributed by atoms with Crippen LogP contribution in [0.1, 0.15) is 39.1 Å². The van der Waals surface area contributed by atoms with Crippen LogP contribution in [0.4, 0.5) is 5.82 Å². The molecule has 170 valence electrons. The molecule has 0 unspecified atom stereocenters. The lowest BCUT2D eigenvalue weighted by Gasteiger charge is -2.13. The number of hydrogen-bond donors (Lipinski definition) is 1. The van der Waals surface area contributed by atoms with Crippen LogP contribution in [0.2, 0.25) is 0 Å². The summed E-state index contributed by atoms with van der Waals surface area (Å²) in [6.45, 7) is 1.94. The van der Waals surface area contributed by atoms with Gasteiger partial charge >= 0.3 is 0 Å². The third-order valence-corrected chi connectivity index (χ3v) is 8.09. The minimum absolute atomic E-state index is 0.110. The van der Waals surface area contributed by atoms with Gasteiger partial charge in [0.15, 0.2) is 0 Å². The average molecular weight is 473 g/mol. The van der Waals surface area contributed by atoms with Crippen LogP contribution in [0.5, 0.6) is 0 Å². The molecule has 2 aromatic carbocycles. The second-order valence-corrected chi connectivity index (χ2v) is 10.3. The summed E-state index contributed by atoms with van der Waals surface area (Å²) in [7, 11) is -3.96. The monoisotopic (exact) mass is 472 g/mol. The fourth-order valence-electron chi connectivity index (χ4n) is 4.36. The smallest absolute Gasteiger partial charge is 0.269 e. The molecule has 2 amide bonds. The number of aromatic nitrogens is 2. The third-order valence-electron chi connectivity index (χ3n) is 6.21. The van der Waals surface area contributed by atoms with Gasteiger partial charge in [0.1, 0.15) is 22.1 Å². The van der Waals surface area contributed by atoms with E-state index in [4.69, 9.17) is 4.98 Å². The van der Waals surface area contributed by atoms with Crippen molar-refractivity contribution >= 4 is 33.3 Å². The number of imidazole rings is 1. The fraction of sp³-hybridized carbons (Fsp3) is 0.160. The summed E-state index contributed by atoms with van der Waals surface area (Å²) in [4.78, 5) is 30.6. The molecule has 0 saturated heterocycles. The first kappa shape index (κ1) is 20.6. The number of nitrogens with zero attached hydrogens (tertiary/aromatic N) is 3. The van der Waals surface area contributed by atoms with Gasteiger partial charge in [0, 0.05) is 23.4 Å². The second-order valence-electron chi connectivity index (χ2n) is 8.56. The number of carbonyl (C=O) groups is 2. The molecule has 0 spiro atoms. The molecule has 4 aromatic rings. The molecule has 8 nitrogen and oxygen atoms in total. The van der Waals surface area contributed by atoms with Crippen LogP contribution in [-0.4, -0.2) is 40.0 Å². The van der Waals surface area contributed by atoms with Gasteiger partial charge in [0.2, 0.25) is 0 Å². The summed E-state index contributed by atoms with van der Waals surface area (Å²) in [5.74, 6) is -0.530. The number of sulfonamides is 1. The zero-order valence-electron chi connectivity index (χ0n) is 18.2. The van der Waals surface area contributed by atoms with Gasteiger partial charge in [-0.2, -0.15) is 0 Å². The van der Waals surface area contributed by atoms with Crippen molar-refractivity contribution in [2.24, 2.45) is 0 Å². The van der Waals surface area contributed by atoms with Crippen LogP contribution in [0.25, 0.3) is 16.9 Å². The number of carbonyl (C=O) groups excluding carboxylic acids is 2. The molecule has 0 atom stereocenters. The number of rotatable bonds is 4. The highest BCUT2D eigenvalue weighted by atomic mass is 32.2. The molecule has 1 saturated carbocycles. The van der Waals surface area contributed by atoms with Gasteiger partial charge in [-0.15, -0.1) is 0 Å². The van der Waals surface area contributed by atoms with Crippen molar-refractivity contribution in [3.8, 4) is 11.3 Å². The first-order valence-electron chi connectivity index (χ1n) is 10.9. The van der Waals surface area contributed by atoms with Crippen LogP contribution < -0.4 is 5.32 Å². The molecule has 6 rings (SSSR count). The molecule has 2 aliphatic rings. The number of aryl methyl sites for hydroxylation is 1. The van der Waals surface area contributed by atoms with E-state index in [-0.39, 0.29) is 22.1 Å². The predicted octanol–water partition coefficient (Wildman–Crippen LogP) is 3.87. The summed E-state index contributed by atoms with van der Waals surface area (Å²) in [6, 6.07) is 17.2. The van der Waals surface area contributed by atoms with Crippen LogP contribution in [0, 0.1) is 6.92 Å². The first-order valence-corrected chi connectivity index (χ1v) is 12.4. The molecule has 1 aliphatic heterocycles. The summed E-state index contributed by atoms with van der Waals surface area (Å²) < 4.78 is 28.7. The Morgan fingerprint density at radius 2 is 1.82 bits per heavy atom. The van der Waals surface area contributed by atoms with Crippen LogP contribution in [-0.2, 0) is 10.0 Å². The highest BCUT2D eigenvalue weighted by molar-refractivity contribution is 7.90. The molecule has 0 bridgehead atoms. The van der Waals surface area contributed by atoms with Crippen LogP contribution >= 0.6 is 0 Å². The average Bonchev–Trinajstić information content (AvgIpc) is 3.56. The van der Waals surface area contributed by atoms with Gasteiger partial charge < -0.3 is 5.32 Å². The van der Waals surface area contributed by atoms with E-state index < -0.39 is 21.8 Å². The quantitative estimate of drug-likeness (QED) is 0.486. The minimum Gasteiger partial charge on any atom is -0.306 e. The normalized spacial score (nSPS) is 16.6. The zero-order valence-corrected chi connectivity index (χ0v) is 19.0. The van der Waals surface area contributed by atoms with Crippen LogP contribution in [0.15, 0.2) is 71.8 Å². The second kappa shape index (κ2) is 7.26. The summed E-state index contributed by atoms with van der Waals surface area (Å²) >= 11 is 0. The lowest BCUT2D eigenvalue weighted by molar-refractivity contribution is 0.0864. The topological polar surface area (TPSA) is 101 Å². The van der Waals surface area contributed by atoms with Gasteiger partial charge in [-0.3, -0.25) is 14.0 Å². The predicted molar refractivity (Wildman–Crippen MR) is 126 cm³/mol. The van der Waals surface area contributed by atoms with Crippen molar-refractivity contribution in [1.82, 2.24) is 13.7 Å². The largest absolute Gasteiger partial charge is 0.306 e. The SMILES string of the molecule is Cc1cccn2c(NC(=O)c3ccc4c(c3)S(=O)(=O)N(C3CC3)C4=O)c(-c3ccccc3)nc12. The van der Waals surface area contributed by atoms with Crippen molar-refractivity contribution in [2.45, 2.75) is 30.7 Å². The number of pyridine rings is 1. The Balaban J connectivity index is 1.42. The lowest BCUT2D eigenvalue weighted by Crippen LogP contribution is -2.31. The Labute approximate surface area is 195 Å². The molecular formula is C25H20N4O4S.